The van der Waals surface area contributed by atoms with E-state index in [0.717, 1.165) is 16.5 Å². The minimum absolute atomic E-state index is 0.876. The fourth-order valence-corrected chi connectivity index (χ4v) is 1.58. The molecule has 2 aromatic rings. The number of hydrogen-bond donors (Lipinski definition) is 0. The van der Waals surface area contributed by atoms with E-state index in [0.29, 0.717) is 0 Å². The van der Waals surface area contributed by atoms with Crippen LogP contribution >= 0.6 is 11.3 Å². The Labute approximate surface area is 69.2 Å². The summed E-state index contributed by atoms with van der Waals surface area (Å²) in [6.07, 6.45) is 0. The molecule has 0 fully saturated rings. The van der Waals surface area contributed by atoms with Crippen molar-refractivity contribution in [3.63, 3.8) is 0 Å². The van der Waals surface area contributed by atoms with Gasteiger partial charge in [0.15, 0.2) is 0 Å². The van der Waals surface area contributed by atoms with Crippen molar-refractivity contribution < 1.29 is 4.74 Å². The van der Waals surface area contributed by atoms with Crippen LogP contribution in [0, 0.1) is 10.8 Å². The normalized spacial score (nSPS) is 10.3. The smallest absolute Gasteiger partial charge is 0.119 e. The third kappa shape index (κ3) is 1.10. The number of benzene rings is 1. The van der Waals surface area contributed by atoms with Crippen molar-refractivity contribution in [2.75, 3.05) is 7.11 Å². The van der Waals surface area contributed by atoms with Crippen molar-refractivity contribution in [3.05, 3.63) is 29.0 Å². The molecule has 11 heavy (non-hydrogen) atoms. The summed E-state index contributed by atoms with van der Waals surface area (Å²) < 4.78 is 5.06. The van der Waals surface area contributed by atoms with E-state index in [2.05, 4.69) is 10.8 Å². The zero-order chi connectivity index (χ0) is 7.68. The molecule has 0 unspecified atom stereocenters. The van der Waals surface area contributed by atoms with Gasteiger partial charge in [0.05, 0.1) is 17.9 Å². The van der Waals surface area contributed by atoms with E-state index in [1.165, 1.54) is 11.3 Å². The van der Waals surface area contributed by atoms with E-state index in [4.69, 9.17) is 4.74 Å². The molecule has 1 aromatic carbocycles. The van der Waals surface area contributed by atoms with Crippen molar-refractivity contribution >= 4 is 22.1 Å². The number of methoxy groups -OCH3 is 1. The Morgan fingerprint density at radius 1 is 1.27 bits per heavy atom. The topological polar surface area (TPSA) is 9.23 Å². The van der Waals surface area contributed by atoms with Crippen LogP contribution in [0.3, 0.4) is 0 Å². The van der Waals surface area contributed by atoms with Crippen LogP contribution in [0.1, 0.15) is 0 Å². The molecule has 0 aliphatic carbocycles. The molecular formula is C9H6OS. The lowest BCUT2D eigenvalue weighted by molar-refractivity contribution is 0.415. The van der Waals surface area contributed by atoms with Crippen LogP contribution in [-0.2, 0) is 0 Å². The Kier molecular flexibility index (Phi) is 1.55. The van der Waals surface area contributed by atoms with Gasteiger partial charge in [-0.15, -0.1) is 11.3 Å². The van der Waals surface area contributed by atoms with E-state index >= 15 is 0 Å². The second-order valence-corrected chi connectivity index (χ2v) is 2.83. The fraction of sp³-hybridized carbons (Fsp3) is 0.111. The van der Waals surface area contributed by atoms with Crippen LogP contribution < -0.4 is 4.74 Å². The van der Waals surface area contributed by atoms with Gasteiger partial charge in [0.2, 0.25) is 0 Å². The first-order chi connectivity index (χ1) is 5.40. The van der Waals surface area contributed by atoms with Gasteiger partial charge in [0, 0.05) is 10.8 Å². The van der Waals surface area contributed by atoms with Crippen LogP contribution in [0.5, 0.6) is 5.75 Å². The second-order valence-electron chi connectivity index (χ2n) is 2.22. The van der Waals surface area contributed by atoms with E-state index in [1.54, 1.807) is 7.11 Å². The van der Waals surface area contributed by atoms with Gasteiger partial charge in [0.25, 0.3) is 0 Å². The SMILES string of the molecule is COc1ccc2[c]s[c]c2c1. The standard InChI is InChI=1S/C9H6OS/c1-10-9-3-2-7-5-11-6-8(7)4-9/h2-4H,1H3. The summed E-state index contributed by atoms with van der Waals surface area (Å²) in [5.74, 6) is 0.876. The monoisotopic (exact) mass is 162 g/mol. The average molecular weight is 162 g/mol. The molecule has 0 saturated heterocycles. The first-order valence-corrected chi connectivity index (χ1v) is 4.08. The lowest BCUT2D eigenvalue weighted by Gasteiger charge is -1.97. The van der Waals surface area contributed by atoms with Crippen molar-refractivity contribution in [1.29, 1.82) is 0 Å². The third-order valence-electron chi connectivity index (χ3n) is 1.55. The largest absolute Gasteiger partial charge is 0.497 e. The number of rotatable bonds is 1. The maximum atomic E-state index is 5.06. The minimum atomic E-state index is 0.876. The van der Waals surface area contributed by atoms with Crippen LogP contribution in [0.25, 0.3) is 10.8 Å². The third-order valence-corrected chi connectivity index (χ3v) is 2.19. The predicted octanol–water partition coefficient (Wildman–Crippen LogP) is 2.51. The Morgan fingerprint density at radius 2 is 2.09 bits per heavy atom. The molecule has 0 N–H and O–H groups in total. The van der Waals surface area contributed by atoms with E-state index in [-0.39, 0.29) is 0 Å². The summed E-state index contributed by atoms with van der Waals surface area (Å²) >= 11 is 1.47. The van der Waals surface area contributed by atoms with Gasteiger partial charge >= 0.3 is 0 Å². The summed E-state index contributed by atoms with van der Waals surface area (Å²) in [5, 5.41) is 8.39. The molecule has 1 nitrogen and oxygen atoms in total. The van der Waals surface area contributed by atoms with Crippen LogP contribution in [0.15, 0.2) is 18.2 Å². The van der Waals surface area contributed by atoms with E-state index in [1.807, 2.05) is 18.2 Å². The highest BCUT2D eigenvalue weighted by molar-refractivity contribution is 7.08. The predicted molar refractivity (Wildman–Crippen MR) is 46.0 cm³/mol. The molecule has 2 rings (SSSR count). The van der Waals surface area contributed by atoms with Gasteiger partial charge < -0.3 is 4.74 Å². The molecule has 1 aromatic heterocycles. The fourth-order valence-electron chi connectivity index (χ4n) is 0.959. The lowest BCUT2D eigenvalue weighted by Crippen LogP contribution is -1.79. The van der Waals surface area contributed by atoms with Gasteiger partial charge in [-0.2, -0.15) is 0 Å². The maximum absolute atomic E-state index is 5.06. The van der Waals surface area contributed by atoms with Crippen LogP contribution in [0.2, 0.25) is 0 Å². The average Bonchev–Trinajstić information content (AvgIpc) is 2.50. The van der Waals surface area contributed by atoms with Gasteiger partial charge in [-0.3, -0.25) is 0 Å². The number of hydrogen-bond acceptors (Lipinski definition) is 2. The summed E-state index contributed by atoms with van der Waals surface area (Å²) in [7, 11) is 1.66. The molecule has 54 valence electrons. The molecule has 0 amide bonds. The summed E-state index contributed by atoms with van der Waals surface area (Å²) in [5.41, 5.74) is 0. The Hall–Kier alpha value is -1.02. The Balaban J connectivity index is 2.67. The highest BCUT2D eigenvalue weighted by Gasteiger charge is 1.96. The molecule has 0 saturated carbocycles. The highest BCUT2D eigenvalue weighted by atomic mass is 32.1. The van der Waals surface area contributed by atoms with Crippen molar-refractivity contribution in [2.45, 2.75) is 0 Å². The molecule has 0 aliphatic rings. The first kappa shape index (κ1) is 6.68. The second kappa shape index (κ2) is 2.55. The zero-order valence-corrected chi connectivity index (χ0v) is 6.87. The Bertz CT molecular complexity index is 364. The highest BCUT2D eigenvalue weighted by Crippen LogP contribution is 2.22. The van der Waals surface area contributed by atoms with Crippen molar-refractivity contribution in [2.24, 2.45) is 0 Å². The van der Waals surface area contributed by atoms with Gasteiger partial charge in [-0.25, -0.2) is 0 Å². The molecule has 2 heteroatoms. The minimum Gasteiger partial charge on any atom is -0.497 e. The maximum Gasteiger partial charge on any atom is 0.119 e. The van der Waals surface area contributed by atoms with Gasteiger partial charge in [-0.1, -0.05) is 0 Å². The van der Waals surface area contributed by atoms with E-state index in [9.17, 15) is 0 Å². The van der Waals surface area contributed by atoms with E-state index < -0.39 is 0 Å². The molecular weight excluding hydrogens is 156 g/mol. The molecule has 1 heterocycles. The quantitative estimate of drug-likeness (QED) is 0.626. The molecule has 0 aliphatic heterocycles. The number of thiophene rings is 1. The van der Waals surface area contributed by atoms with Crippen molar-refractivity contribution in [1.82, 2.24) is 0 Å². The first-order valence-electron chi connectivity index (χ1n) is 3.26. The Morgan fingerprint density at radius 3 is 2.91 bits per heavy atom. The van der Waals surface area contributed by atoms with Crippen LogP contribution in [0.4, 0.5) is 0 Å². The van der Waals surface area contributed by atoms with Crippen LogP contribution in [-0.4, -0.2) is 7.11 Å². The molecule has 2 radical (unpaired) electrons. The zero-order valence-electron chi connectivity index (χ0n) is 6.05. The van der Waals surface area contributed by atoms with Gasteiger partial charge in [0.1, 0.15) is 5.75 Å². The van der Waals surface area contributed by atoms with Crippen molar-refractivity contribution in [3.8, 4) is 5.75 Å². The summed E-state index contributed by atoms with van der Waals surface area (Å²) in [6.45, 7) is 0. The lowest BCUT2D eigenvalue weighted by atomic mass is 10.2. The molecule has 0 spiro atoms. The molecule has 0 bridgehead atoms. The molecule has 0 atom stereocenters. The number of fused-ring (bicyclic) bond motifs is 1. The number of ether oxygens (including phenoxy) is 1. The summed E-state index contributed by atoms with van der Waals surface area (Å²) in [6, 6.07) is 5.88. The van der Waals surface area contributed by atoms with Gasteiger partial charge in [-0.05, 0) is 18.2 Å². The summed E-state index contributed by atoms with van der Waals surface area (Å²) in [4.78, 5) is 0.